The molecule has 4 N–H and O–H groups in total. The smallest absolute Gasteiger partial charge is 0.297 e. The number of aromatic nitrogens is 6. The highest BCUT2D eigenvalue weighted by Crippen LogP contribution is 2.25. The number of rotatable bonds is 3. The topological polar surface area (TPSA) is 139 Å². The molecule has 1 aliphatic rings. The van der Waals surface area contributed by atoms with Gasteiger partial charge in [-0.05, 0) is 37.8 Å². The molecule has 4 rings (SSSR count). The maximum Gasteiger partial charge on any atom is 0.297 e. The van der Waals surface area contributed by atoms with Gasteiger partial charge in [-0.25, -0.2) is 4.98 Å². The predicted octanol–water partition coefficient (Wildman–Crippen LogP) is 0.520. The van der Waals surface area contributed by atoms with Crippen molar-refractivity contribution < 1.29 is 5.21 Å². The van der Waals surface area contributed by atoms with Crippen molar-refractivity contribution in [1.29, 1.82) is 0 Å². The van der Waals surface area contributed by atoms with Gasteiger partial charge in [0, 0.05) is 19.1 Å². The lowest BCUT2D eigenvalue weighted by Crippen LogP contribution is -2.39. The van der Waals surface area contributed by atoms with E-state index in [0.717, 1.165) is 31.5 Å². The lowest BCUT2D eigenvalue weighted by Gasteiger charge is -2.33. The van der Waals surface area contributed by atoms with Gasteiger partial charge in [0.2, 0.25) is 5.82 Å². The number of aromatic amines is 1. The van der Waals surface area contributed by atoms with E-state index in [1.165, 1.54) is 6.20 Å². The molecule has 3 heterocycles. The predicted molar refractivity (Wildman–Crippen MR) is 95.0 cm³/mol. The van der Waals surface area contributed by atoms with Crippen LogP contribution >= 0.6 is 0 Å². The molecule has 0 spiro atoms. The fourth-order valence-corrected chi connectivity index (χ4v) is 3.36. The third kappa shape index (κ3) is 2.77. The highest BCUT2D eigenvalue weighted by molar-refractivity contribution is 5.74. The average molecular weight is 356 g/mol. The van der Waals surface area contributed by atoms with Gasteiger partial charge in [0.05, 0.1) is 6.20 Å². The summed E-state index contributed by atoms with van der Waals surface area (Å²) < 4.78 is 0.466. The number of fused-ring (bicyclic) bond motifs is 1. The van der Waals surface area contributed by atoms with Crippen LogP contribution in [-0.4, -0.2) is 54.4 Å². The molecule has 0 aliphatic heterocycles. The summed E-state index contributed by atoms with van der Waals surface area (Å²) in [5.41, 5.74) is 5.94. The lowest BCUT2D eigenvalue weighted by molar-refractivity contribution is 0.178. The molecule has 0 amide bonds. The Morgan fingerprint density at radius 2 is 2.04 bits per heavy atom. The molecule has 3 aromatic heterocycles. The zero-order valence-electron chi connectivity index (χ0n) is 14.3. The molecule has 0 unspecified atom stereocenters. The van der Waals surface area contributed by atoms with Crippen LogP contribution in [0.3, 0.4) is 0 Å². The first-order valence-electron chi connectivity index (χ1n) is 8.52. The summed E-state index contributed by atoms with van der Waals surface area (Å²) in [5, 5.41) is 25.1. The number of H-pyrrole nitrogens is 1. The average Bonchev–Trinajstić information content (AvgIpc) is 3.14. The highest BCUT2D eigenvalue weighted by atomic mass is 16.5. The second kappa shape index (κ2) is 6.37. The first-order valence-corrected chi connectivity index (χ1v) is 8.52. The molecule has 0 saturated heterocycles. The quantitative estimate of drug-likeness (QED) is 0.577. The van der Waals surface area contributed by atoms with Crippen LogP contribution in [0.15, 0.2) is 23.1 Å². The van der Waals surface area contributed by atoms with Crippen LogP contribution in [0.1, 0.15) is 25.7 Å². The zero-order chi connectivity index (χ0) is 18.3. The summed E-state index contributed by atoms with van der Waals surface area (Å²) in [5.74, 6) is 0.737. The van der Waals surface area contributed by atoms with Crippen LogP contribution < -0.4 is 16.2 Å². The Hall–Kier alpha value is -3.01. The number of hydrogen-bond acceptors (Lipinski definition) is 8. The minimum atomic E-state index is -0.611. The van der Waals surface area contributed by atoms with Gasteiger partial charge in [-0.3, -0.25) is 9.89 Å². The second-order valence-corrected chi connectivity index (χ2v) is 6.64. The molecule has 1 aliphatic carbocycles. The molecule has 1 saturated carbocycles. The fraction of sp³-hybridized carbons (Fsp3) is 0.438. The SMILES string of the molecule is CN(c1ccc(-c2nc3[nH]ncc3c(=O)n2O)nn1)C1CCC(N)CC1. The minimum absolute atomic E-state index is 0.0112. The van der Waals surface area contributed by atoms with E-state index in [1.54, 1.807) is 12.1 Å². The van der Waals surface area contributed by atoms with Crippen molar-refractivity contribution in [3.63, 3.8) is 0 Å². The number of hydrogen-bond donors (Lipinski definition) is 3. The van der Waals surface area contributed by atoms with Gasteiger partial charge in [0.1, 0.15) is 11.1 Å². The standard InChI is InChI=1S/C16H20N8O2/c1-23(10-4-2-9(17)3-5-10)13-7-6-12(20-21-13)15-19-14-11(8-18-22-14)16(25)24(15)26/h6-10,26H,2-5,17H2,1H3,(H,18,22). The third-order valence-corrected chi connectivity index (χ3v) is 4.99. The lowest BCUT2D eigenvalue weighted by atomic mass is 9.91. The van der Waals surface area contributed by atoms with Crippen LogP contribution in [0.25, 0.3) is 22.6 Å². The molecule has 0 bridgehead atoms. The first-order chi connectivity index (χ1) is 12.5. The second-order valence-electron chi connectivity index (χ2n) is 6.64. The van der Waals surface area contributed by atoms with Crippen molar-refractivity contribution in [1.82, 2.24) is 30.1 Å². The fourth-order valence-electron chi connectivity index (χ4n) is 3.36. The van der Waals surface area contributed by atoms with E-state index < -0.39 is 5.56 Å². The van der Waals surface area contributed by atoms with E-state index in [0.29, 0.717) is 16.5 Å². The van der Waals surface area contributed by atoms with Crippen LogP contribution in [0, 0.1) is 0 Å². The van der Waals surface area contributed by atoms with Gasteiger partial charge in [-0.2, -0.15) is 5.10 Å². The Kier molecular flexibility index (Phi) is 4.03. The van der Waals surface area contributed by atoms with Gasteiger partial charge in [-0.15, -0.1) is 14.9 Å². The zero-order valence-corrected chi connectivity index (χ0v) is 14.3. The molecule has 0 atom stereocenters. The van der Waals surface area contributed by atoms with Gasteiger partial charge in [0.15, 0.2) is 11.5 Å². The van der Waals surface area contributed by atoms with Gasteiger partial charge in [-0.1, -0.05) is 0 Å². The maximum atomic E-state index is 12.1. The molecule has 10 heteroatoms. The third-order valence-electron chi connectivity index (χ3n) is 4.99. The largest absolute Gasteiger partial charge is 0.423 e. The van der Waals surface area contributed by atoms with E-state index in [9.17, 15) is 10.0 Å². The van der Waals surface area contributed by atoms with E-state index in [1.807, 2.05) is 7.05 Å². The Balaban J connectivity index is 1.62. The minimum Gasteiger partial charge on any atom is -0.423 e. The molecule has 1 fully saturated rings. The van der Waals surface area contributed by atoms with Gasteiger partial charge >= 0.3 is 0 Å². The molecular weight excluding hydrogens is 336 g/mol. The van der Waals surface area contributed by atoms with Crippen LogP contribution in [-0.2, 0) is 0 Å². The van der Waals surface area contributed by atoms with E-state index in [-0.39, 0.29) is 22.9 Å². The van der Waals surface area contributed by atoms with Crippen molar-refractivity contribution in [2.75, 3.05) is 11.9 Å². The van der Waals surface area contributed by atoms with Crippen LogP contribution in [0.4, 0.5) is 5.82 Å². The molecule has 26 heavy (non-hydrogen) atoms. The Labute approximate surface area is 148 Å². The normalized spacial score (nSPS) is 20.4. The van der Waals surface area contributed by atoms with Crippen molar-refractivity contribution in [2.45, 2.75) is 37.8 Å². The number of anilines is 1. The van der Waals surface area contributed by atoms with Gasteiger partial charge < -0.3 is 15.8 Å². The maximum absolute atomic E-state index is 12.1. The Morgan fingerprint density at radius 3 is 2.73 bits per heavy atom. The molecule has 136 valence electrons. The number of nitrogens with two attached hydrogens (primary N) is 1. The van der Waals surface area contributed by atoms with E-state index in [4.69, 9.17) is 5.73 Å². The molecule has 0 aromatic carbocycles. The van der Waals surface area contributed by atoms with E-state index >= 15 is 0 Å². The highest BCUT2D eigenvalue weighted by Gasteiger charge is 2.23. The summed E-state index contributed by atoms with van der Waals surface area (Å²) in [4.78, 5) is 18.4. The summed E-state index contributed by atoms with van der Waals surface area (Å²) in [6.07, 6.45) is 5.38. The van der Waals surface area contributed by atoms with Gasteiger partial charge in [0.25, 0.3) is 5.56 Å². The first kappa shape index (κ1) is 16.5. The van der Waals surface area contributed by atoms with Crippen LogP contribution in [0.2, 0.25) is 0 Å². The molecule has 3 aromatic rings. The van der Waals surface area contributed by atoms with Crippen LogP contribution in [0.5, 0.6) is 0 Å². The van der Waals surface area contributed by atoms with Crippen molar-refractivity contribution in [2.24, 2.45) is 5.73 Å². The number of nitrogens with zero attached hydrogens (tertiary/aromatic N) is 6. The molecule has 10 nitrogen and oxygen atoms in total. The van der Waals surface area contributed by atoms with Crippen molar-refractivity contribution >= 4 is 16.9 Å². The monoisotopic (exact) mass is 356 g/mol. The number of nitrogens with one attached hydrogen (secondary N) is 1. The summed E-state index contributed by atoms with van der Waals surface area (Å²) in [7, 11) is 1.99. The summed E-state index contributed by atoms with van der Waals surface area (Å²) in [6.45, 7) is 0. The molecular formula is C16H20N8O2. The molecule has 0 radical (unpaired) electrons. The Bertz CT molecular complexity index is 972. The van der Waals surface area contributed by atoms with E-state index in [2.05, 4.69) is 30.3 Å². The van der Waals surface area contributed by atoms with Crippen molar-refractivity contribution in [3.8, 4) is 11.5 Å². The Morgan fingerprint density at radius 1 is 1.27 bits per heavy atom. The summed E-state index contributed by atoms with van der Waals surface area (Å²) >= 11 is 0. The van der Waals surface area contributed by atoms with Crippen molar-refractivity contribution in [3.05, 3.63) is 28.7 Å². The summed E-state index contributed by atoms with van der Waals surface area (Å²) in [6, 6.07) is 4.16.